The van der Waals surface area contributed by atoms with E-state index in [0.717, 1.165) is 30.8 Å². The van der Waals surface area contributed by atoms with Gasteiger partial charge in [-0.3, -0.25) is 4.90 Å². The van der Waals surface area contributed by atoms with E-state index in [4.69, 9.17) is 15.0 Å². The van der Waals surface area contributed by atoms with Crippen molar-refractivity contribution in [3.05, 3.63) is 35.7 Å². The van der Waals surface area contributed by atoms with Crippen LogP contribution in [0.25, 0.3) is 11.5 Å². The summed E-state index contributed by atoms with van der Waals surface area (Å²) in [6.45, 7) is 6.14. The van der Waals surface area contributed by atoms with Crippen LogP contribution in [0.4, 0.5) is 0 Å². The van der Waals surface area contributed by atoms with Crippen LogP contribution in [0.2, 0.25) is 0 Å². The predicted octanol–water partition coefficient (Wildman–Crippen LogP) is 1.59. The molecule has 6 heteroatoms. The first-order chi connectivity index (χ1) is 10.3. The van der Waals surface area contributed by atoms with E-state index in [9.17, 15) is 0 Å². The van der Waals surface area contributed by atoms with Crippen LogP contribution < -0.4 is 5.73 Å². The zero-order valence-corrected chi connectivity index (χ0v) is 12.2. The van der Waals surface area contributed by atoms with Crippen molar-refractivity contribution < 1.29 is 9.26 Å². The van der Waals surface area contributed by atoms with Crippen molar-refractivity contribution in [2.45, 2.75) is 19.6 Å². The summed E-state index contributed by atoms with van der Waals surface area (Å²) in [4.78, 5) is 6.79. The molecule has 1 saturated heterocycles. The molecule has 112 valence electrons. The van der Waals surface area contributed by atoms with Gasteiger partial charge in [-0.1, -0.05) is 24.2 Å². The van der Waals surface area contributed by atoms with Gasteiger partial charge in [0.15, 0.2) is 0 Å². The highest BCUT2D eigenvalue weighted by atomic mass is 16.5. The molecule has 21 heavy (non-hydrogen) atoms. The normalized spacial score (nSPS) is 19.8. The van der Waals surface area contributed by atoms with Gasteiger partial charge in [0.2, 0.25) is 5.82 Å². The number of nitrogens with zero attached hydrogens (tertiary/aromatic N) is 3. The van der Waals surface area contributed by atoms with Gasteiger partial charge in [0.25, 0.3) is 5.89 Å². The Hall–Kier alpha value is -1.76. The maximum Gasteiger partial charge on any atom is 0.258 e. The molecule has 0 radical (unpaired) electrons. The fourth-order valence-electron chi connectivity index (χ4n) is 2.41. The van der Waals surface area contributed by atoms with Crippen LogP contribution in [0, 0.1) is 0 Å². The van der Waals surface area contributed by atoms with E-state index in [1.807, 2.05) is 24.3 Å². The van der Waals surface area contributed by atoms with Crippen molar-refractivity contribution >= 4 is 0 Å². The molecule has 0 bridgehead atoms. The minimum atomic E-state index is -0.112. The molecule has 0 saturated carbocycles. The van der Waals surface area contributed by atoms with Crippen LogP contribution in [-0.4, -0.2) is 41.3 Å². The minimum Gasteiger partial charge on any atom is -0.367 e. The molecule has 1 fully saturated rings. The molecule has 1 aromatic heterocycles. The lowest BCUT2D eigenvalue weighted by Crippen LogP contribution is -2.38. The maximum absolute atomic E-state index is 5.74. The predicted molar refractivity (Wildman–Crippen MR) is 78.4 cm³/mol. The van der Waals surface area contributed by atoms with E-state index < -0.39 is 0 Å². The second-order valence-electron chi connectivity index (χ2n) is 5.11. The number of aromatic nitrogens is 2. The van der Waals surface area contributed by atoms with Gasteiger partial charge in [-0.2, -0.15) is 4.98 Å². The van der Waals surface area contributed by atoms with Gasteiger partial charge in [-0.25, -0.2) is 0 Å². The van der Waals surface area contributed by atoms with Gasteiger partial charge in [0.05, 0.1) is 6.61 Å². The maximum atomic E-state index is 5.74. The molecule has 0 aliphatic carbocycles. The van der Waals surface area contributed by atoms with E-state index in [1.165, 1.54) is 0 Å². The molecule has 6 nitrogen and oxygen atoms in total. The summed E-state index contributed by atoms with van der Waals surface area (Å²) in [5.74, 6) is 1.14. The molecular weight excluding hydrogens is 268 g/mol. The lowest BCUT2D eigenvalue weighted by Gasteiger charge is -2.30. The Kier molecular flexibility index (Phi) is 4.28. The zero-order valence-electron chi connectivity index (χ0n) is 12.2. The number of hydrogen-bond donors (Lipinski definition) is 1. The lowest BCUT2D eigenvalue weighted by molar-refractivity contribution is -0.0334. The van der Waals surface area contributed by atoms with Crippen molar-refractivity contribution in [3.8, 4) is 11.5 Å². The van der Waals surface area contributed by atoms with E-state index in [2.05, 4.69) is 22.0 Å². The van der Waals surface area contributed by atoms with E-state index >= 15 is 0 Å². The first-order valence-corrected chi connectivity index (χ1v) is 7.27. The minimum absolute atomic E-state index is 0.112. The largest absolute Gasteiger partial charge is 0.367 e. The Morgan fingerprint density at radius 2 is 2.14 bits per heavy atom. The molecule has 2 aromatic rings. The summed E-state index contributed by atoms with van der Waals surface area (Å²) >= 11 is 0. The van der Waals surface area contributed by atoms with Gasteiger partial charge in [0, 0.05) is 25.2 Å². The summed E-state index contributed by atoms with van der Waals surface area (Å²) in [5, 5.41) is 4.07. The van der Waals surface area contributed by atoms with Crippen molar-refractivity contribution in [2.24, 2.45) is 5.73 Å². The molecule has 3 rings (SSSR count). The first-order valence-electron chi connectivity index (χ1n) is 7.27. The zero-order chi connectivity index (χ0) is 14.7. The Morgan fingerprint density at radius 3 is 2.86 bits per heavy atom. The molecule has 1 atom stereocenters. The second kappa shape index (κ2) is 6.34. The molecule has 2 heterocycles. The van der Waals surface area contributed by atoms with Gasteiger partial charge >= 0.3 is 0 Å². The van der Waals surface area contributed by atoms with Crippen molar-refractivity contribution in [1.82, 2.24) is 15.0 Å². The number of nitrogens with two attached hydrogens (primary N) is 1. The summed E-state index contributed by atoms with van der Waals surface area (Å²) in [5.41, 5.74) is 7.57. The van der Waals surface area contributed by atoms with Gasteiger partial charge < -0.3 is 15.0 Å². The molecule has 1 aliphatic heterocycles. The molecule has 1 aromatic carbocycles. The highest BCUT2D eigenvalue weighted by Gasteiger charge is 2.25. The monoisotopic (exact) mass is 288 g/mol. The summed E-state index contributed by atoms with van der Waals surface area (Å²) < 4.78 is 11.1. The standard InChI is InChI=1S/C15H20N4O2/c1-2-19-7-8-20-13(10-19)14-17-15(21-18-14)12-5-3-11(9-16)4-6-12/h3-6,13H,2,7-10,16H2,1H3. The Morgan fingerprint density at radius 1 is 1.33 bits per heavy atom. The van der Waals surface area contributed by atoms with Crippen LogP contribution >= 0.6 is 0 Å². The Balaban J connectivity index is 1.76. The van der Waals surface area contributed by atoms with Crippen LogP contribution in [0.1, 0.15) is 24.4 Å². The third kappa shape index (κ3) is 3.12. The smallest absolute Gasteiger partial charge is 0.258 e. The third-order valence-corrected chi connectivity index (χ3v) is 3.76. The molecule has 1 unspecified atom stereocenters. The average Bonchev–Trinajstić information content (AvgIpc) is 3.05. The fourth-order valence-corrected chi connectivity index (χ4v) is 2.41. The summed E-state index contributed by atoms with van der Waals surface area (Å²) in [6.07, 6.45) is -0.112. The van der Waals surface area contributed by atoms with Crippen LogP contribution in [0.5, 0.6) is 0 Å². The number of likely N-dealkylation sites (N-methyl/N-ethyl adjacent to an activating group) is 1. The number of hydrogen-bond acceptors (Lipinski definition) is 6. The van der Waals surface area contributed by atoms with Gasteiger partial charge in [-0.05, 0) is 24.2 Å². The molecule has 1 aliphatic rings. The first kappa shape index (κ1) is 14.2. The highest BCUT2D eigenvalue weighted by Crippen LogP contribution is 2.23. The van der Waals surface area contributed by atoms with Gasteiger partial charge in [0.1, 0.15) is 6.10 Å². The van der Waals surface area contributed by atoms with Crippen molar-refractivity contribution in [1.29, 1.82) is 0 Å². The lowest BCUT2D eigenvalue weighted by atomic mass is 10.1. The van der Waals surface area contributed by atoms with E-state index in [-0.39, 0.29) is 6.10 Å². The van der Waals surface area contributed by atoms with Crippen LogP contribution in [0.3, 0.4) is 0 Å². The molecule has 2 N–H and O–H groups in total. The van der Waals surface area contributed by atoms with Crippen LogP contribution in [-0.2, 0) is 11.3 Å². The van der Waals surface area contributed by atoms with E-state index in [0.29, 0.717) is 24.9 Å². The number of morpholine rings is 1. The Labute approximate surface area is 123 Å². The number of rotatable bonds is 4. The number of benzene rings is 1. The topological polar surface area (TPSA) is 77.4 Å². The molecule has 0 amide bonds. The quantitative estimate of drug-likeness (QED) is 0.920. The van der Waals surface area contributed by atoms with E-state index in [1.54, 1.807) is 0 Å². The van der Waals surface area contributed by atoms with Crippen molar-refractivity contribution in [3.63, 3.8) is 0 Å². The van der Waals surface area contributed by atoms with Crippen LogP contribution in [0.15, 0.2) is 28.8 Å². The fraction of sp³-hybridized carbons (Fsp3) is 0.467. The molecular formula is C15H20N4O2. The van der Waals surface area contributed by atoms with Gasteiger partial charge in [-0.15, -0.1) is 0 Å². The summed E-state index contributed by atoms with van der Waals surface area (Å²) in [6, 6.07) is 7.82. The Bertz CT molecular complexity index is 582. The summed E-state index contributed by atoms with van der Waals surface area (Å²) in [7, 11) is 0. The number of ether oxygens (including phenoxy) is 1. The molecule has 0 spiro atoms. The second-order valence-corrected chi connectivity index (χ2v) is 5.11. The average molecular weight is 288 g/mol. The third-order valence-electron chi connectivity index (χ3n) is 3.76. The highest BCUT2D eigenvalue weighted by molar-refractivity contribution is 5.53. The SMILES string of the molecule is CCN1CCOC(c2noc(-c3ccc(CN)cc3)n2)C1. The van der Waals surface area contributed by atoms with Crippen molar-refractivity contribution in [2.75, 3.05) is 26.2 Å².